The normalized spacial score (nSPS) is 19.1. The molecule has 3 aromatic carbocycles. The number of hydrogen-bond acceptors (Lipinski definition) is 5. The van der Waals surface area contributed by atoms with Crippen molar-refractivity contribution in [3.63, 3.8) is 0 Å². The number of benzene rings is 3. The smallest absolute Gasteiger partial charge is 0.291 e. The maximum Gasteiger partial charge on any atom is 0.291 e. The average molecular weight is 486 g/mol. The minimum absolute atomic E-state index is 0.00212. The van der Waals surface area contributed by atoms with Gasteiger partial charge in [-0.15, -0.1) is 0 Å². The molecule has 0 N–H and O–H groups in total. The minimum atomic E-state index is -0.694. The summed E-state index contributed by atoms with van der Waals surface area (Å²) in [5.74, 6) is -0.296. The van der Waals surface area contributed by atoms with Gasteiger partial charge in [0.2, 0.25) is 5.76 Å². The van der Waals surface area contributed by atoms with Gasteiger partial charge >= 0.3 is 0 Å². The highest BCUT2D eigenvalue weighted by Crippen LogP contribution is 2.40. The molecule has 1 fully saturated rings. The SMILES string of the molecule is O=C1c2oc3ccc(F)cc3c(=O)c2C(c2cccc(OCc3ccccc3)c2)N1CC1CCCO1. The predicted molar refractivity (Wildman–Crippen MR) is 132 cm³/mol. The molecule has 36 heavy (non-hydrogen) atoms. The van der Waals surface area contributed by atoms with E-state index in [1.807, 2.05) is 54.6 Å². The van der Waals surface area contributed by atoms with E-state index in [1.54, 1.807) is 4.90 Å². The Morgan fingerprint density at radius 2 is 1.86 bits per heavy atom. The van der Waals surface area contributed by atoms with E-state index >= 15 is 0 Å². The van der Waals surface area contributed by atoms with Crippen LogP contribution in [0.1, 0.15) is 46.1 Å². The number of carbonyl (C=O) groups is 1. The van der Waals surface area contributed by atoms with E-state index in [1.165, 1.54) is 12.1 Å². The number of halogens is 1. The van der Waals surface area contributed by atoms with Gasteiger partial charge in [-0.2, -0.15) is 0 Å². The lowest BCUT2D eigenvalue weighted by Crippen LogP contribution is -2.36. The van der Waals surface area contributed by atoms with Crippen LogP contribution in [0.15, 0.2) is 82.0 Å². The molecule has 1 saturated heterocycles. The number of nitrogens with zero attached hydrogens (tertiary/aromatic N) is 1. The number of fused-ring (bicyclic) bond motifs is 2. The average Bonchev–Trinajstić information content (AvgIpc) is 3.51. The third-order valence-corrected chi connectivity index (χ3v) is 6.77. The van der Waals surface area contributed by atoms with Crippen molar-refractivity contribution >= 4 is 16.9 Å². The molecule has 1 aromatic heterocycles. The monoisotopic (exact) mass is 485 g/mol. The van der Waals surface area contributed by atoms with Crippen molar-refractivity contribution in [2.24, 2.45) is 0 Å². The van der Waals surface area contributed by atoms with Gasteiger partial charge in [0.15, 0.2) is 5.43 Å². The van der Waals surface area contributed by atoms with E-state index in [0.29, 0.717) is 31.1 Å². The zero-order valence-corrected chi connectivity index (χ0v) is 19.5. The second-order valence-electron chi connectivity index (χ2n) is 9.16. The first-order chi connectivity index (χ1) is 17.6. The summed E-state index contributed by atoms with van der Waals surface area (Å²) in [4.78, 5) is 28.8. The van der Waals surface area contributed by atoms with Gasteiger partial charge < -0.3 is 18.8 Å². The van der Waals surface area contributed by atoms with Crippen LogP contribution in [0.2, 0.25) is 0 Å². The van der Waals surface area contributed by atoms with E-state index in [-0.39, 0.29) is 34.3 Å². The molecule has 0 radical (unpaired) electrons. The van der Waals surface area contributed by atoms with Gasteiger partial charge in [-0.3, -0.25) is 9.59 Å². The highest BCUT2D eigenvalue weighted by molar-refractivity contribution is 5.99. The van der Waals surface area contributed by atoms with E-state index in [2.05, 4.69) is 0 Å². The first-order valence-electron chi connectivity index (χ1n) is 12.0. The Bertz CT molecular complexity index is 1490. The second-order valence-corrected chi connectivity index (χ2v) is 9.16. The molecular weight excluding hydrogens is 461 g/mol. The van der Waals surface area contributed by atoms with Crippen LogP contribution in [0.3, 0.4) is 0 Å². The standard InChI is InChI=1S/C29H24FNO5/c30-20-11-12-24-23(15-20)27(32)25-26(31(29(33)28(25)36-24)16-22-10-5-13-34-22)19-8-4-9-21(14-19)35-17-18-6-2-1-3-7-18/h1-4,6-9,11-12,14-15,22,26H,5,10,13,16-17H2. The van der Waals surface area contributed by atoms with Crippen molar-refractivity contribution in [2.75, 3.05) is 13.2 Å². The molecule has 1 amide bonds. The van der Waals surface area contributed by atoms with Crippen LogP contribution in [-0.4, -0.2) is 30.1 Å². The van der Waals surface area contributed by atoms with Crippen molar-refractivity contribution in [2.45, 2.75) is 31.6 Å². The number of carbonyl (C=O) groups excluding carboxylic acids is 1. The van der Waals surface area contributed by atoms with E-state index < -0.39 is 17.3 Å². The van der Waals surface area contributed by atoms with E-state index in [0.717, 1.165) is 24.5 Å². The topological polar surface area (TPSA) is 69.0 Å². The van der Waals surface area contributed by atoms with Crippen LogP contribution in [0.4, 0.5) is 4.39 Å². The van der Waals surface area contributed by atoms with E-state index in [4.69, 9.17) is 13.9 Å². The maximum atomic E-state index is 14.0. The first-order valence-corrected chi connectivity index (χ1v) is 12.0. The highest BCUT2D eigenvalue weighted by Gasteiger charge is 2.44. The molecule has 0 spiro atoms. The van der Waals surface area contributed by atoms with Crippen molar-refractivity contribution in [1.82, 2.24) is 4.90 Å². The van der Waals surface area contributed by atoms with Gasteiger partial charge in [0.1, 0.15) is 23.8 Å². The van der Waals surface area contributed by atoms with Crippen molar-refractivity contribution in [3.05, 3.63) is 111 Å². The van der Waals surface area contributed by atoms with Gasteiger partial charge in [-0.1, -0.05) is 42.5 Å². The summed E-state index contributed by atoms with van der Waals surface area (Å²) in [5.41, 5.74) is 1.74. The third kappa shape index (κ3) is 4.05. The van der Waals surface area contributed by atoms with Gasteiger partial charge in [-0.05, 0) is 54.3 Å². The summed E-state index contributed by atoms with van der Waals surface area (Å²) in [7, 11) is 0. The Hall–Kier alpha value is -3.97. The van der Waals surface area contributed by atoms with Gasteiger partial charge in [0.25, 0.3) is 5.91 Å². The van der Waals surface area contributed by atoms with Crippen molar-refractivity contribution < 1.29 is 23.1 Å². The molecule has 0 saturated carbocycles. The Morgan fingerprint density at radius 1 is 1.00 bits per heavy atom. The summed E-state index contributed by atoms with van der Waals surface area (Å²) in [6.45, 7) is 1.36. The van der Waals surface area contributed by atoms with Crippen LogP contribution in [0, 0.1) is 5.82 Å². The van der Waals surface area contributed by atoms with Gasteiger partial charge in [0.05, 0.1) is 23.1 Å². The molecule has 6 rings (SSSR count). The summed E-state index contributed by atoms with van der Waals surface area (Å²) in [6, 6.07) is 20.3. The molecule has 182 valence electrons. The van der Waals surface area contributed by atoms with Crippen LogP contribution >= 0.6 is 0 Å². The Kier molecular flexibility index (Phi) is 5.77. The lowest BCUT2D eigenvalue weighted by molar-refractivity contribution is 0.0486. The summed E-state index contributed by atoms with van der Waals surface area (Å²) >= 11 is 0. The molecule has 4 aromatic rings. The lowest BCUT2D eigenvalue weighted by Gasteiger charge is -2.27. The Balaban J connectivity index is 1.43. The van der Waals surface area contributed by atoms with Crippen LogP contribution in [0.5, 0.6) is 5.75 Å². The Morgan fingerprint density at radius 3 is 2.67 bits per heavy atom. The Labute approximate surface area is 206 Å². The van der Waals surface area contributed by atoms with Crippen molar-refractivity contribution in [1.29, 1.82) is 0 Å². The zero-order valence-electron chi connectivity index (χ0n) is 19.5. The number of ether oxygens (including phenoxy) is 2. The van der Waals surface area contributed by atoms with Gasteiger partial charge in [-0.25, -0.2) is 4.39 Å². The van der Waals surface area contributed by atoms with Crippen molar-refractivity contribution in [3.8, 4) is 5.75 Å². The number of amides is 1. The van der Waals surface area contributed by atoms with Crippen LogP contribution in [0.25, 0.3) is 11.0 Å². The molecule has 7 heteroatoms. The molecule has 3 heterocycles. The zero-order chi connectivity index (χ0) is 24.6. The second kappa shape index (κ2) is 9.24. The summed E-state index contributed by atoms with van der Waals surface area (Å²) in [5, 5.41) is 0.113. The lowest BCUT2D eigenvalue weighted by atomic mass is 9.98. The maximum absolute atomic E-state index is 14.0. The van der Waals surface area contributed by atoms with Crippen LogP contribution < -0.4 is 10.2 Å². The third-order valence-electron chi connectivity index (χ3n) is 6.77. The van der Waals surface area contributed by atoms with Crippen LogP contribution in [-0.2, 0) is 11.3 Å². The molecule has 2 aliphatic heterocycles. The highest BCUT2D eigenvalue weighted by atomic mass is 19.1. The largest absolute Gasteiger partial charge is 0.489 e. The summed E-state index contributed by atoms with van der Waals surface area (Å²) in [6.07, 6.45) is 1.64. The molecule has 2 unspecified atom stereocenters. The molecule has 6 nitrogen and oxygen atoms in total. The fraction of sp³-hybridized carbons (Fsp3) is 0.241. The fourth-order valence-electron chi connectivity index (χ4n) is 5.05. The minimum Gasteiger partial charge on any atom is -0.489 e. The van der Waals surface area contributed by atoms with Gasteiger partial charge in [0, 0.05) is 13.2 Å². The molecule has 0 aliphatic carbocycles. The first kappa shape index (κ1) is 22.5. The summed E-state index contributed by atoms with van der Waals surface area (Å²) < 4.78 is 31.7. The fourth-order valence-corrected chi connectivity index (χ4v) is 5.05. The number of hydrogen-bond donors (Lipinski definition) is 0. The molecular formula is C29H24FNO5. The van der Waals surface area contributed by atoms with E-state index in [9.17, 15) is 14.0 Å². The molecule has 0 bridgehead atoms. The quantitative estimate of drug-likeness (QED) is 0.374. The number of rotatable bonds is 6. The molecule has 2 atom stereocenters. The molecule has 2 aliphatic rings. The predicted octanol–water partition coefficient (Wildman–Crippen LogP) is 5.24.